The number of phenols is 1. The highest BCUT2D eigenvalue weighted by molar-refractivity contribution is 5.84. The fourth-order valence-electron chi connectivity index (χ4n) is 3.07. The zero-order chi connectivity index (χ0) is 18.0. The number of hydrogen-bond donors (Lipinski definition) is 1. The first kappa shape index (κ1) is 17.4. The van der Waals surface area contributed by atoms with Gasteiger partial charge in [-0.25, -0.2) is 4.39 Å². The second kappa shape index (κ2) is 7.23. The summed E-state index contributed by atoms with van der Waals surface area (Å²) in [6.45, 7) is 0.490. The summed E-state index contributed by atoms with van der Waals surface area (Å²) >= 11 is 0. The minimum atomic E-state index is -0.520. The normalized spacial score (nSPS) is 15.2. The molecule has 1 N–H and O–H groups in total. The van der Waals surface area contributed by atoms with Crippen LogP contribution >= 0.6 is 0 Å². The van der Waals surface area contributed by atoms with Crippen LogP contribution in [-0.2, 0) is 11.3 Å². The molecule has 1 atom stereocenters. The van der Waals surface area contributed by atoms with Gasteiger partial charge >= 0.3 is 0 Å². The van der Waals surface area contributed by atoms with E-state index in [0.29, 0.717) is 12.1 Å². The minimum absolute atomic E-state index is 0.0221. The third-order valence-electron chi connectivity index (χ3n) is 4.47. The Morgan fingerprint density at radius 3 is 2.44 bits per heavy atom. The summed E-state index contributed by atoms with van der Waals surface area (Å²) in [4.78, 5) is 17.0. The molecular weight excluding hydrogens is 319 g/mol. The Labute approximate surface area is 147 Å². The molecule has 1 amide bonds. The molecule has 1 saturated carbocycles. The minimum Gasteiger partial charge on any atom is -0.508 e. The molecule has 1 aliphatic rings. The van der Waals surface area contributed by atoms with Crippen molar-refractivity contribution in [3.63, 3.8) is 0 Å². The van der Waals surface area contributed by atoms with Gasteiger partial charge in [-0.05, 0) is 62.3 Å². The topological polar surface area (TPSA) is 43.8 Å². The van der Waals surface area contributed by atoms with E-state index in [4.69, 9.17) is 0 Å². The van der Waals surface area contributed by atoms with E-state index in [-0.39, 0.29) is 23.5 Å². The number of nitrogens with zero attached hydrogens (tertiary/aromatic N) is 2. The zero-order valence-electron chi connectivity index (χ0n) is 14.5. The molecule has 0 saturated heterocycles. The Morgan fingerprint density at radius 2 is 1.88 bits per heavy atom. The van der Waals surface area contributed by atoms with E-state index in [1.54, 1.807) is 24.3 Å². The summed E-state index contributed by atoms with van der Waals surface area (Å²) in [7, 11) is 3.66. The van der Waals surface area contributed by atoms with Crippen molar-refractivity contribution >= 4 is 5.91 Å². The first-order valence-electron chi connectivity index (χ1n) is 8.46. The van der Waals surface area contributed by atoms with Gasteiger partial charge in [0.05, 0.1) is 0 Å². The number of benzene rings is 2. The molecule has 4 nitrogen and oxygen atoms in total. The number of carbonyl (C=O) groups excluding carboxylic acids is 1. The largest absolute Gasteiger partial charge is 0.508 e. The molecule has 0 aromatic heterocycles. The molecule has 1 fully saturated rings. The molecular formula is C20H23FN2O2. The van der Waals surface area contributed by atoms with Crippen LogP contribution in [-0.4, -0.2) is 41.0 Å². The molecule has 2 aromatic carbocycles. The second-order valence-electron chi connectivity index (χ2n) is 6.78. The summed E-state index contributed by atoms with van der Waals surface area (Å²) in [6, 6.07) is 12.8. The number of likely N-dealkylation sites (N-methyl/N-ethyl adjacent to an activating group) is 1. The maximum absolute atomic E-state index is 13.6. The van der Waals surface area contributed by atoms with Crippen molar-refractivity contribution < 1.29 is 14.3 Å². The Bertz CT molecular complexity index is 742. The standard InChI is InChI=1S/C20H23FN2O2/c1-22(2)19(15-4-3-5-16(21)12-15)20(25)23(17-8-9-17)13-14-6-10-18(24)11-7-14/h3-7,10-12,17,19,24H,8-9,13H2,1-2H3/t19-/m0/s1. The Balaban J connectivity index is 1.86. The van der Waals surface area contributed by atoms with Crippen LogP contribution < -0.4 is 0 Å². The number of aromatic hydroxyl groups is 1. The maximum Gasteiger partial charge on any atom is 0.245 e. The van der Waals surface area contributed by atoms with Gasteiger partial charge < -0.3 is 10.0 Å². The van der Waals surface area contributed by atoms with Gasteiger partial charge in [0.2, 0.25) is 5.91 Å². The van der Waals surface area contributed by atoms with E-state index in [1.807, 2.05) is 36.0 Å². The number of carbonyl (C=O) groups is 1. The summed E-state index contributed by atoms with van der Waals surface area (Å²) in [5, 5.41) is 9.43. The molecule has 3 rings (SSSR count). The van der Waals surface area contributed by atoms with Crippen molar-refractivity contribution in [2.75, 3.05) is 14.1 Å². The van der Waals surface area contributed by atoms with E-state index in [1.165, 1.54) is 12.1 Å². The number of rotatable bonds is 6. The molecule has 0 unspecified atom stereocenters. The molecule has 0 bridgehead atoms. The molecule has 0 radical (unpaired) electrons. The van der Waals surface area contributed by atoms with E-state index in [9.17, 15) is 14.3 Å². The lowest BCUT2D eigenvalue weighted by Crippen LogP contribution is -2.41. The van der Waals surface area contributed by atoms with Crippen LogP contribution in [0.2, 0.25) is 0 Å². The summed E-state index contributed by atoms with van der Waals surface area (Å²) in [5.41, 5.74) is 1.63. The highest BCUT2D eigenvalue weighted by Crippen LogP contribution is 2.32. The van der Waals surface area contributed by atoms with E-state index in [0.717, 1.165) is 18.4 Å². The Morgan fingerprint density at radius 1 is 1.20 bits per heavy atom. The number of hydrogen-bond acceptors (Lipinski definition) is 3. The van der Waals surface area contributed by atoms with Crippen LogP contribution in [0.15, 0.2) is 48.5 Å². The van der Waals surface area contributed by atoms with Crippen molar-refractivity contribution in [3.05, 3.63) is 65.5 Å². The van der Waals surface area contributed by atoms with Gasteiger partial charge in [-0.2, -0.15) is 0 Å². The van der Waals surface area contributed by atoms with Crippen LogP contribution in [0.1, 0.15) is 30.0 Å². The molecule has 0 heterocycles. The second-order valence-corrected chi connectivity index (χ2v) is 6.78. The average molecular weight is 342 g/mol. The monoisotopic (exact) mass is 342 g/mol. The molecule has 0 aliphatic heterocycles. The van der Waals surface area contributed by atoms with E-state index in [2.05, 4.69) is 0 Å². The van der Waals surface area contributed by atoms with Crippen LogP contribution in [0.25, 0.3) is 0 Å². The van der Waals surface area contributed by atoms with Gasteiger partial charge in [0.15, 0.2) is 0 Å². The highest BCUT2D eigenvalue weighted by atomic mass is 19.1. The highest BCUT2D eigenvalue weighted by Gasteiger charge is 2.37. The van der Waals surface area contributed by atoms with Gasteiger partial charge in [0.1, 0.15) is 17.6 Å². The lowest BCUT2D eigenvalue weighted by atomic mass is 10.0. The fraction of sp³-hybridized carbons (Fsp3) is 0.350. The SMILES string of the molecule is CN(C)[C@H](C(=O)N(Cc1ccc(O)cc1)C1CC1)c1cccc(F)c1. The number of halogens is 1. The van der Waals surface area contributed by atoms with Crippen molar-refractivity contribution in [2.24, 2.45) is 0 Å². The van der Waals surface area contributed by atoms with Crippen molar-refractivity contribution in [1.82, 2.24) is 9.80 Å². The third-order valence-corrected chi connectivity index (χ3v) is 4.47. The van der Waals surface area contributed by atoms with Crippen molar-refractivity contribution in [1.29, 1.82) is 0 Å². The molecule has 132 valence electrons. The first-order valence-corrected chi connectivity index (χ1v) is 8.46. The lowest BCUT2D eigenvalue weighted by molar-refractivity contribution is -0.137. The van der Waals surface area contributed by atoms with Crippen molar-refractivity contribution in [2.45, 2.75) is 31.5 Å². The molecule has 25 heavy (non-hydrogen) atoms. The predicted octanol–water partition coefficient (Wildman–Crippen LogP) is 3.33. The maximum atomic E-state index is 13.6. The fourth-order valence-corrected chi connectivity index (χ4v) is 3.07. The van der Waals surface area contributed by atoms with Crippen LogP contribution in [0, 0.1) is 5.82 Å². The van der Waals surface area contributed by atoms with E-state index < -0.39 is 6.04 Å². The van der Waals surface area contributed by atoms with Gasteiger partial charge in [-0.3, -0.25) is 9.69 Å². The summed E-state index contributed by atoms with van der Waals surface area (Å²) < 4.78 is 13.6. The molecule has 5 heteroatoms. The van der Waals surface area contributed by atoms with Gasteiger partial charge in [-0.15, -0.1) is 0 Å². The van der Waals surface area contributed by atoms with Gasteiger partial charge in [0.25, 0.3) is 0 Å². The van der Waals surface area contributed by atoms with Crippen LogP contribution in [0.3, 0.4) is 0 Å². The average Bonchev–Trinajstić information content (AvgIpc) is 3.39. The lowest BCUT2D eigenvalue weighted by Gasteiger charge is -2.31. The van der Waals surface area contributed by atoms with Crippen LogP contribution in [0.5, 0.6) is 5.75 Å². The Kier molecular flexibility index (Phi) is 5.04. The van der Waals surface area contributed by atoms with Crippen molar-refractivity contribution in [3.8, 4) is 5.75 Å². The van der Waals surface area contributed by atoms with Crippen LogP contribution in [0.4, 0.5) is 4.39 Å². The van der Waals surface area contributed by atoms with Gasteiger partial charge in [-0.1, -0.05) is 24.3 Å². The Hall–Kier alpha value is -2.40. The zero-order valence-corrected chi connectivity index (χ0v) is 14.5. The smallest absolute Gasteiger partial charge is 0.245 e. The van der Waals surface area contributed by atoms with Gasteiger partial charge in [0, 0.05) is 12.6 Å². The third kappa shape index (κ3) is 4.17. The molecule has 0 spiro atoms. The molecule has 1 aliphatic carbocycles. The number of amides is 1. The van der Waals surface area contributed by atoms with E-state index >= 15 is 0 Å². The quantitative estimate of drug-likeness (QED) is 0.876. The summed E-state index contributed by atoms with van der Waals surface area (Å²) in [6.07, 6.45) is 1.99. The molecule has 2 aromatic rings. The summed E-state index contributed by atoms with van der Waals surface area (Å²) in [5.74, 6) is -0.154. The first-order chi connectivity index (χ1) is 12.0. The number of phenolic OH excluding ortho intramolecular Hbond substituents is 1. The predicted molar refractivity (Wildman–Crippen MR) is 94.5 cm³/mol.